The Hall–Kier alpha value is -3.62. The minimum atomic E-state index is -5.02. The molecule has 30 heavy (non-hydrogen) atoms. The number of nitrogens with one attached hydrogen (secondary N) is 1. The van der Waals surface area contributed by atoms with Gasteiger partial charge in [-0.1, -0.05) is 36.4 Å². The lowest BCUT2D eigenvalue weighted by Crippen LogP contribution is -2.58. The van der Waals surface area contributed by atoms with Crippen molar-refractivity contribution in [2.24, 2.45) is 4.99 Å². The van der Waals surface area contributed by atoms with Crippen molar-refractivity contribution in [3.8, 4) is 0 Å². The third kappa shape index (κ3) is 3.32. The summed E-state index contributed by atoms with van der Waals surface area (Å²) < 4.78 is 48.3. The van der Waals surface area contributed by atoms with Gasteiger partial charge in [-0.2, -0.15) is 13.2 Å². The Morgan fingerprint density at radius 3 is 2.50 bits per heavy atom. The summed E-state index contributed by atoms with van der Waals surface area (Å²) in [6, 6.07) is 14.6. The first-order valence-electron chi connectivity index (χ1n) is 9.08. The molecular formula is C21H17F3N4O2. The van der Waals surface area contributed by atoms with Crippen molar-refractivity contribution in [3.63, 3.8) is 0 Å². The summed E-state index contributed by atoms with van der Waals surface area (Å²) in [6.07, 6.45) is -2.28. The van der Waals surface area contributed by atoms with Crippen molar-refractivity contribution in [3.05, 3.63) is 83.9 Å². The molecule has 1 aliphatic heterocycles. The largest absolute Gasteiger partial charge is 0.467 e. The quantitative estimate of drug-likeness (QED) is 0.681. The van der Waals surface area contributed by atoms with Gasteiger partial charge in [0, 0.05) is 11.8 Å². The molecule has 154 valence electrons. The Morgan fingerprint density at radius 2 is 1.87 bits per heavy atom. The monoisotopic (exact) mass is 414 g/mol. The lowest BCUT2D eigenvalue weighted by Gasteiger charge is -2.29. The van der Waals surface area contributed by atoms with Crippen molar-refractivity contribution < 1.29 is 22.4 Å². The van der Waals surface area contributed by atoms with Crippen LogP contribution in [0, 0.1) is 6.92 Å². The van der Waals surface area contributed by atoms with Crippen molar-refractivity contribution in [1.82, 2.24) is 9.88 Å². The second-order valence-electron chi connectivity index (χ2n) is 6.77. The van der Waals surface area contributed by atoms with Crippen molar-refractivity contribution >= 4 is 17.6 Å². The number of carbonyl (C=O) groups excluding carboxylic acids is 1. The number of amidine groups is 1. The number of hydrogen-bond donors (Lipinski definition) is 1. The number of benzene rings is 1. The number of alkyl halides is 3. The number of anilines is 1. The third-order valence-corrected chi connectivity index (χ3v) is 4.73. The molecule has 0 fully saturated rings. The van der Waals surface area contributed by atoms with E-state index in [1.165, 1.54) is 12.5 Å². The van der Waals surface area contributed by atoms with Crippen LogP contribution in [0.3, 0.4) is 0 Å². The van der Waals surface area contributed by atoms with E-state index in [2.05, 4.69) is 15.3 Å². The number of aromatic nitrogens is 1. The number of halogens is 3. The topological polar surface area (TPSA) is 70.7 Å². The van der Waals surface area contributed by atoms with E-state index in [0.717, 1.165) is 4.90 Å². The fourth-order valence-electron chi connectivity index (χ4n) is 3.20. The zero-order valence-electron chi connectivity index (χ0n) is 15.8. The Bertz CT molecular complexity index is 1080. The summed E-state index contributed by atoms with van der Waals surface area (Å²) in [5.74, 6) is -1.09. The zero-order valence-corrected chi connectivity index (χ0v) is 15.8. The molecule has 1 N–H and O–H groups in total. The molecule has 1 atom stereocenters. The number of hydrogen-bond acceptors (Lipinski definition) is 5. The molecule has 0 spiro atoms. The maximum Gasteiger partial charge on any atom is 0.442 e. The summed E-state index contributed by atoms with van der Waals surface area (Å²) in [4.78, 5) is 22.1. The van der Waals surface area contributed by atoms with E-state index in [-0.39, 0.29) is 18.2 Å². The molecule has 0 radical (unpaired) electrons. The molecule has 1 aromatic carbocycles. The van der Waals surface area contributed by atoms with Gasteiger partial charge in [-0.25, -0.2) is 9.98 Å². The average Bonchev–Trinajstić information content (AvgIpc) is 3.33. The van der Waals surface area contributed by atoms with E-state index in [1.54, 1.807) is 61.5 Å². The molecule has 3 heterocycles. The number of carbonyl (C=O) groups is 1. The smallest absolute Gasteiger partial charge is 0.442 e. The van der Waals surface area contributed by atoms with Crippen LogP contribution in [0.4, 0.5) is 19.0 Å². The molecule has 0 saturated heterocycles. The van der Waals surface area contributed by atoms with E-state index in [1.807, 2.05) is 0 Å². The highest BCUT2D eigenvalue weighted by Crippen LogP contribution is 2.41. The lowest BCUT2D eigenvalue weighted by atomic mass is 10.1. The van der Waals surface area contributed by atoms with Crippen molar-refractivity contribution in [1.29, 1.82) is 0 Å². The van der Waals surface area contributed by atoms with Gasteiger partial charge >= 0.3 is 11.8 Å². The predicted octanol–water partition coefficient (Wildman–Crippen LogP) is 4.14. The van der Waals surface area contributed by atoms with Crippen LogP contribution in [0.15, 0.2) is 76.5 Å². The van der Waals surface area contributed by atoms with Crippen LogP contribution in [-0.2, 0) is 11.3 Å². The highest BCUT2D eigenvalue weighted by atomic mass is 19.4. The fourth-order valence-corrected chi connectivity index (χ4v) is 3.20. The van der Waals surface area contributed by atoms with Crippen molar-refractivity contribution in [2.75, 3.05) is 5.32 Å². The Morgan fingerprint density at radius 1 is 1.10 bits per heavy atom. The summed E-state index contributed by atoms with van der Waals surface area (Å²) in [6.45, 7) is 1.40. The summed E-state index contributed by atoms with van der Waals surface area (Å²) in [5.41, 5.74) is -2.37. The molecule has 3 aromatic rings. The van der Waals surface area contributed by atoms with Crippen LogP contribution >= 0.6 is 0 Å². The van der Waals surface area contributed by atoms with Crippen LogP contribution in [-0.4, -0.2) is 33.5 Å². The van der Waals surface area contributed by atoms with Gasteiger partial charge in [-0.05, 0) is 30.7 Å². The van der Waals surface area contributed by atoms with E-state index >= 15 is 0 Å². The second-order valence-corrected chi connectivity index (χ2v) is 6.77. The van der Waals surface area contributed by atoms with E-state index in [0.29, 0.717) is 16.9 Å². The predicted molar refractivity (Wildman–Crippen MR) is 104 cm³/mol. The van der Waals surface area contributed by atoms with Crippen LogP contribution in [0.2, 0.25) is 0 Å². The maximum absolute atomic E-state index is 14.4. The number of amides is 1. The molecular weight excluding hydrogens is 397 g/mol. The van der Waals surface area contributed by atoms with Gasteiger partial charge in [0.2, 0.25) is 0 Å². The number of rotatable bonds is 5. The van der Waals surface area contributed by atoms with Gasteiger partial charge in [-0.3, -0.25) is 9.69 Å². The number of aryl methyl sites for hydroxylation is 1. The molecule has 0 bridgehead atoms. The second kappa shape index (κ2) is 7.33. The van der Waals surface area contributed by atoms with Gasteiger partial charge in [0.25, 0.3) is 5.91 Å². The molecule has 1 aliphatic rings. The van der Waals surface area contributed by atoms with Crippen molar-refractivity contribution in [2.45, 2.75) is 25.3 Å². The van der Waals surface area contributed by atoms with Gasteiger partial charge < -0.3 is 9.73 Å². The number of aliphatic imine (C=N–C) groups is 1. The van der Waals surface area contributed by atoms with Crippen LogP contribution < -0.4 is 5.32 Å². The van der Waals surface area contributed by atoms with E-state index < -0.39 is 17.7 Å². The molecule has 4 rings (SSSR count). The SMILES string of the molecule is Cc1cccnc1N[C@@]1(C(F)(F)F)N=C(c2ccccc2)N(Cc2ccco2)C1=O. The summed E-state index contributed by atoms with van der Waals surface area (Å²) in [5, 5.41) is 2.28. The normalized spacial score (nSPS) is 19.1. The highest BCUT2D eigenvalue weighted by Gasteiger charge is 2.66. The van der Waals surface area contributed by atoms with Crippen LogP contribution in [0.5, 0.6) is 0 Å². The maximum atomic E-state index is 14.4. The minimum absolute atomic E-state index is 0.0702. The first kappa shape index (κ1) is 19.7. The van der Waals surface area contributed by atoms with Gasteiger partial charge in [0.1, 0.15) is 17.4 Å². The molecule has 0 aliphatic carbocycles. The van der Waals surface area contributed by atoms with Gasteiger partial charge in [-0.15, -0.1) is 0 Å². The number of pyridine rings is 1. The molecule has 2 aromatic heterocycles. The van der Waals surface area contributed by atoms with Crippen LogP contribution in [0.25, 0.3) is 0 Å². The molecule has 0 saturated carbocycles. The lowest BCUT2D eigenvalue weighted by molar-refractivity contribution is -0.185. The average molecular weight is 414 g/mol. The van der Waals surface area contributed by atoms with Gasteiger partial charge in [0.15, 0.2) is 0 Å². The highest BCUT2D eigenvalue weighted by molar-refractivity contribution is 6.16. The summed E-state index contributed by atoms with van der Waals surface area (Å²) >= 11 is 0. The first-order valence-corrected chi connectivity index (χ1v) is 9.08. The molecule has 6 nitrogen and oxygen atoms in total. The Labute approximate surface area is 170 Å². The molecule has 9 heteroatoms. The molecule has 1 amide bonds. The van der Waals surface area contributed by atoms with Gasteiger partial charge in [0.05, 0.1) is 12.8 Å². The standard InChI is InChI=1S/C21H17F3N4O2/c1-14-7-5-11-25-17(14)26-20(21(22,23)24)19(29)28(13-16-10-6-12-30-16)18(27-20)15-8-3-2-4-9-15/h2-12H,13H2,1H3,(H,25,26)/t20-/m1/s1. The van der Waals surface area contributed by atoms with E-state index in [4.69, 9.17) is 4.42 Å². The summed E-state index contributed by atoms with van der Waals surface area (Å²) in [7, 11) is 0. The zero-order chi connectivity index (χ0) is 21.4. The molecule has 0 unspecified atom stereocenters. The number of furan rings is 1. The Kier molecular flexibility index (Phi) is 4.81. The Balaban J connectivity index is 1.85. The number of nitrogens with zero attached hydrogens (tertiary/aromatic N) is 3. The fraction of sp³-hybridized carbons (Fsp3) is 0.190. The van der Waals surface area contributed by atoms with Crippen LogP contribution in [0.1, 0.15) is 16.9 Å². The first-order chi connectivity index (χ1) is 14.3. The third-order valence-electron chi connectivity index (χ3n) is 4.73. The minimum Gasteiger partial charge on any atom is -0.467 e. The van der Waals surface area contributed by atoms with E-state index in [9.17, 15) is 18.0 Å².